The number of carbonyl (C=O) groups excluding carboxylic acids is 2. The van der Waals surface area contributed by atoms with E-state index in [9.17, 15) is 19.0 Å². The summed E-state index contributed by atoms with van der Waals surface area (Å²) in [7, 11) is 1.17. The number of nitrogens with one attached hydrogen (secondary N) is 1. The molecule has 0 saturated heterocycles. The summed E-state index contributed by atoms with van der Waals surface area (Å²) in [4.78, 5) is 40.2. The molecule has 1 N–H and O–H groups in total. The molecule has 1 amide bonds. The number of phosphoric ester groups is 1. The second kappa shape index (κ2) is 65.6. The normalized spacial score (nSPS) is 14.1. The summed E-state index contributed by atoms with van der Waals surface area (Å²) in [5.41, 5.74) is 0. The molecule has 87 heavy (non-hydrogen) atoms. The van der Waals surface area contributed by atoms with E-state index >= 15 is 0 Å². The van der Waals surface area contributed by atoms with Crippen molar-refractivity contribution in [1.29, 1.82) is 0 Å². The summed E-state index contributed by atoms with van der Waals surface area (Å²) >= 11 is 0. The molecule has 0 saturated carbocycles. The van der Waals surface area contributed by atoms with Gasteiger partial charge in [-0.1, -0.05) is 291 Å². The van der Waals surface area contributed by atoms with Crippen molar-refractivity contribution in [2.45, 2.75) is 328 Å². The Morgan fingerprint density at radius 1 is 0.402 bits per heavy atom. The van der Waals surface area contributed by atoms with Crippen LogP contribution in [0.15, 0.2) is 109 Å². The SMILES string of the molecule is CCCCC/C=C\C/C=C\C/C=C\C/C=C\CCCCCCCCCCCC(=O)OC(/C=C/CCCCCCCCCCCCC)C(COP(=O)([O-])OCC[N+](C)(C)C)NC(=O)CCCCCCCCC/C=C\C/C=C\C/C=C\C/C=C\CCCCC. The minimum atomic E-state index is -4.72. The van der Waals surface area contributed by atoms with E-state index in [4.69, 9.17) is 13.8 Å². The van der Waals surface area contributed by atoms with Crippen LogP contribution in [0, 0.1) is 0 Å². The third-order valence-electron chi connectivity index (χ3n) is 15.7. The van der Waals surface area contributed by atoms with E-state index in [-0.39, 0.29) is 24.9 Å². The van der Waals surface area contributed by atoms with Crippen molar-refractivity contribution in [2.24, 2.45) is 0 Å². The molecule has 0 bridgehead atoms. The van der Waals surface area contributed by atoms with Crippen molar-refractivity contribution in [2.75, 3.05) is 40.9 Å². The second-order valence-corrected chi connectivity index (χ2v) is 26.8. The number of hydrogen-bond donors (Lipinski definition) is 1. The minimum absolute atomic E-state index is 0.0305. The van der Waals surface area contributed by atoms with Gasteiger partial charge in [-0.15, -0.1) is 0 Å². The van der Waals surface area contributed by atoms with Gasteiger partial charge < -0.3 is 28.5 Å². The smallest absolute Gasteiger partial charge is 0.306 e. The Labute approximate surface area is 538 Å². The molecule has 3 unspecified atom stereocenters. The number of quaternary nitrogens is 1. The van der Waals surface area contributed by atoms with Crippen molar-refractivity contribution >= 4 is 19.7 Å². The second-order valence-electron chi connectivity index (χ2n) is 25.4. The third-order valence-corrected chi connectivity index (χ3v) is 16.6. The fourth-order valence-electron chi connectivity index (χ4n) is 10.1. The summed E-state index contributed by atoms with van der Waals surface area (Å²) in [5.74, 6) is -0.558. The topological polar surface area (TPSA) is 114 Å². The minimum Gasteiger partial charge on any atom is -0.756 e. The molecule has 0 heterocycles. The maximum Gasteiger partial charge on any atom is 0.306 e. The largest absolute Gasteiger partial charge is 0.756 e. The number of nitrogens with zero attached hydrogens (tertiary/aromatic N) is 1. The van der Waals surface area contributed by atoms with E-state index in [1.807, 2.05) is 33.3 Å². The van der Waals surface area contributed by atoms with Crippen LogP contribution in [0.2, 0.25) is 0 Å². The van der Waals surface area contributed by atoms with Crippen LogP contribution in [-0.4, -0.2) is 69.4 Å². The van der Waals surface area contributed by atoms with E-state index in [1.54, 1.807) is 0 Å². The van der Waals surface area contributed by atoms with Gasteiger partial charge in [-0.05, 0) is 122 Å². The first-order chi connectivity index (χ1) is 42.4. The van der Waals surface area contributed by atoms with Crippen LogP contribution in [0.25, 0.3) is 0 Å². The van der Waals surface area contributed by atoms with E-state index in [2.05, 4.69) is 123 Å². The van der Waals surface area contributed by atoms with Gasteiger partial charge in [0.25, 0.3) is 7.82 Å². The number of carbonyl (C=O) groups is 2. The van der Waals surface area contributed by atoms with Crippen molar-refractivity contribution < 1.29 is 37.3 Å². The standard InChI is InChI=1S/C77H137N2O7P/c1-7-10-13-16-19-22-25-28-30-32-34-36-38-39-41-43-45-47-49-52-55-58-61-64-67-70-77(81)86-75(68-65-62-59-56-53-50-27-24-21-18-15-12-9-3)74(73-85-87(82,83)84-72-71-79(4,5)6)78-76(80)69-66-63-60-57-54-51-48-46-44-42-40-37-35-33-31-29-26-23-20-17-14-11-8-2/h19-20,22-23,28-31,34-37,39,41-42,44,65,68,74-75H,7-18,21,24-27,32-33,38,40,43,45-64,66-67,69-73H2,1-6H3,(H-,78,80,82,83)/b22-19-,23-20-,30-28-,31-29-,36-34-,37-35-,41-39-,44-42-,68-65+. The summed E-state index contributed by atoms with van der Waals surface area (Å²) < 4.78 is 30.5. The lowest BCUT2D eigenvalue weighted by atomic mass is 10.0. The van der Waals surface area contributed by atoms with Crippen LogP contribution < -0.4 is 10.2 Å². The van der Waals surface area contributed by atoms with Crippen LogP contribution >= 0.6 is 7.82 Å². The van der Waals surface area contributed by atoms with Gasteiger partial charge in [-0.25, -0.2) is 0 Å². The van der Waals surface area contributed by atoms with E-state index in [0.29, 0.717) is 17.4 Å². The van der Waals surface area contributed by atoms with Crippen LogP contribution in [0.4, 0.5) is 0 Å². The zero-order valence-electron chi connectivity index (χ0n) is 57.4. The van der Waals surface area contributed by atoms with Gasteiger partial charge in [0.15, 0.2) is 0 Å². The van der Waals surface area contributed by atoms with Crippen LogP contribution in [0.5, 0.6) is 0 Å². The lowest BCUT2D eigenvalue weighted by Gasteiger charge is -2.30. The quantitative estimate of drug-likeness (QED) is 0.0212. The highest BCUT2D eigenvalue weighted by Crippen LogP contribution is 2.38. The van der Waals surface area contributed by atoms with Crippen molar-refractivity contribution in [3.8, 4) is 0 Å². The van der Waals surface area contributed by atoms with Gasteiger partial charge >= 0.3 is 5.97 Å². The molecule has 0 aliphatic carbocycles. The molecule has 0 aliphatic heterocycles. The van der Waals surface area contributed by atoms with Crippen molar-refractivity contribution in [1.82, 2.24) is 5.32 Å². The summed E-state index contributed by atoms with van der Waals surface area (Å²) in [5, 5.41) is 3.04. The Kier molecular flexibility index (Phi) is 63.1. The van der Waals surface area contributed by atoms with Crippen molar-refractivity contribution in [3.63, 3.8) is 0 Å². The molecule has 0 spiro atoms. The average Bonchev–Trinajstić information content (AvgIpc) is 3.70. The summed E-state index contributed by atoms with van der Waals surface area (Å²) in [6, 6.07) is -0.905. The predicted octanol–water partition coefficient (Wildman–Crippen LogP) is 22.6. The lowest BCUT2D eigenvalue weighted by molar-refractivity contribution is -0.870. The molecular weight excluding hydrogens is 1100 g/mol. The van der Waals surface area contributed by atoms with Gasteiger partial charge in [0.2, 0.25) is 5.91 Å². The summed E-state index contributed by atoms with van der Waals surface area (Å²) in [6.45, 7) is 6.79. The predicted molar refractivity (Wildman–Crippen MR) is 376 cm³/mol. The zero-order valence-corrected chi connectivity index (χ0v) is 58.3. The number of phosphoric acid groups is 1. The van der Waals surface area contributed by atoms with Gasteiger partial charge in [0.1, 0.15) is 19.3 Å². The Morgan fingerprint density at radius 3 is 1.07 bits per heavy atom. The number of rotatable bonds is 65. The molecule has 502 valence electrons. The number of unbranched alkanes of at least 4 members (excludes halogenated alkanes) is 33. The van der Waals surface area contributed by atoms with E-state index in [0.717, 1.165) is 122 Å². The number of likely N-dealkylation sites (N-methyl/N-ethyl adjacent to an activating group) is 1. The fraction of sp³-hybridized carbons (Fsp3) is 0.740. The molecule has 9 nitrogen and oxygen atoms in total. The molecule has 10 heteroatoms. The van der Waals surface area contributed by atoms with E-state index < -0.39 is 26.6 Å². The highest BCUT2D eigenvalue weighted by molar-refractivity contribution is 7.45. The number of amides is 1. The molecule has 0 aromatic rings. The number of ether oxygens (including phenoxy) is 1. The highest BCUT2D eigenvalue weighted by atomic mass is 31.2. The molecule has 0 aromatic heterocycles. The maximum atomic E-state index is 13.6. The zero-order chi connectivity index (χ0) is 63.5. The van der Waals surface area contributed by atoms with Gasteiger partial charge in [0.05, 0.1) is 33.8 Å². The maximum absolute atomic E-state index is 13.6. The molecule has 0 aromatic carbocycles. The van der Waals surface area contributed by atoms with E-state index in [1.165, 1.54) is 161 Å². The molecular formula is C77H137N2O7P. The first kappa shape index (κ1) is 83.7. The first-order valence-corrected chi connectivity index (χ1v) is 37.7. The number of esters is 1. The Hall–Kier alpha value is -3.33. The van der Waals surface area contributed by atoms with Gasteiger partial charge in [-0.3, -0.25) is 14.2 Å². The number of allylic oxidation sites excluding steroid dienone is 17. The average molecular weight is 1230 g/mol. The highest BCUT2D eigenvalue weighted by Gasteiger charge is 2.27. The molecule has 0 rings (SSSR count). The van der Waals surface area contributed by atoms with Crippen LogP contribution in [0.3, 0.4) is 0 Å². The van der Waals surface area contributed by atoms with Crippen LogP contribution in [-0.2, 0) is 27.9 Å². The monoisotopic (exact) mass is 1230 g/mol. The lowest BCUT2D eigenvalue weighted by Crippen LogP contribution is -2.47. The molecule has 0 fully saturated rings. The van der Waals surface area contributed by atoms with Crippen molar-refractivity contribution in [3.05, 3.63) is 109 Å². The Balaban J connectivity index is 5.15. The molecule has 0 radical (unpaired) electrons. The van der Waals surface area contributed by atoms with Crippen LogP contribution in [0.1, 0.15) is 316 Å². The summed E-state index contributed by atoms with van der Waals surface area (Å²) in [6.07, 6.45) is 90.6. The third kappa shape index (κ3) is 66.9. The molecule has 0 aliphatic rings. The Bertz CT molecular complexity index is 1860. The molecule has 3 atom stereocenters. The Morgan fingerprint density at radius 2 is 0.701 bits per heavy atom. The first-order valence-electron chi connectivity index (χ1n) is 36.2. The fourth-order valence-corrected chi connectivity index (χ4v) is 10.8. The number of hydrogen-bond acceptors (Lipinski definition) is 7. The van der Waals surface area contributed by atoms with Gasteiger partial charge in [0, 0.05) is 12.8 Å². The van der Waals surface area contributed by atoms with Gasteiger partial charge in [-0.2, -0.15) is 0 Å².